The summed E-state index contributed by atoms with van der Waals surface area (Å²) in [6, 6.07) is 5.84. The zero-order chi connectivity index (χ0) is 20.3. The monoisotopic (exact) mass is 406 g/mol. The average molecular weight is 406 g/mol. The zero-order valence-corrected chi connectivity index (χ0v) is 16.5. The van der Waals surface area contributed by atoms with Crippen molar-refractivity contribution in [2.24, 2.45) is 7.05 Å². The maximum absolute atomic E-state index is 13.1. The van der Waals surface area contributed by atoms with Crippen LogP contribution in [0.4, 0.5) is 0 Å². The maximum atomic E-state index is 13.1. The topological polar surface area (TPSA) is 111 Å². The molecule has 0 spiro atoms. The highest BCUT2D eigenvalue weighted by atomic mass is 32.2. The van der Waals surface area contributed by atoms with E-state index >= 15 is 0 Å². The Hall–Kier alpha value is -2.72. The lowest BCUT2D eigenvalue weighted by Crippen LogP contribution is -2.45. The Morgan fingerprint density at radius 3 is 2.82 bits per heavy atom. The number of nitrogens with zero attached hydrogens (tertiary/aromatic N) is 3. The van der Waals surface area contributed by atoms with Gasteiger partial charge in [-0.15, -0.1) is 0 Å². The quantitative estimate of drug-likeness (QED) is 0.706. The summed E-state index contributed by atoms with van der Waals surface area (Å²) in [6.45, 7) is 0.467. The van der Waals surface area contributed by atoms with Crippen molar-refractivity contribution in [2.45, 2.75) is 30.3 Å². The van der Waals surface area contributed by atoms with E-state index in [1.165, 1.54) is 28.2 Å². The Labute approximate surface area is 163 Å². The first kappa shape index (κ1) is 20.0. The second-order valence-corrected chi connectivity index (χ2v) is 8.37. The molecule has 2 aromatic heterocycles. The van der Waals surface area contributed by atoms with Crippen LogP contribution in [0.1, 0.15) is 29.0 Å². The summed E-state index contributed by atoms with van der Waals surface area (Å²) in [5, 5.41) is 2.75. The first-order chi connectivity index (χ1) is 13.3. The van der Waals surface area contributed by atoms with Gasteiger partial charge in [0.1, 0.15) is 16.6 Å². The lowest BCUT2D eigenvalue weighted by molar-refractivity contribution is -0.124. The van der Waals surface area contributed by atoms with E-state index in [2.05, 4.69) is 15.0 Å². The van der Waals surface area contributed by atoms with Crippen molar-refractivity contribution < 1.29 is 22.7 Å². The number of aryl methyl sites for hydroxylation is 1. The third-order valence-corrected chi connectivity index (χ3v) is 6.53. The van der Waals surface area contributed by atoms with Gasteiger partial charge in [0.15, 0.2) is 0 Å². The molecule has 9 nitrogen and oxygen atoms in total. The number of carbonyl (C=O) groups excluding carboxylic acids is 2. The van der Waals surface area contributed by atoms with Crippen LogP contribution in [0.2, 0.25) is 0 Å². The molecule has 0 aliphatic carbocycles. The van der Waals surface area contributed by atoms with Crippen molar-refractivity contribution in [3.05, 3.63) is 48.0 Å². The van der Waals surface area contributed by atoms with E-state index in [-0.39, 0.29) is 29.6 Å². The fraction of sp³-hybridized carbons (Fsp3) is 0.389. The predicted molar refractivity (Wildman–Crippen MR) is 99.8 cm³/mol. The van der Waals surface area contributed by atoms with Crippen molar-refractivity contribution in [1.29, 1.82) is 0 Å². The lowest BCUT2D eigenvalue weighted by atomic mass is 10.2. The predicted octanol–water partition coefficient (Wildman–Crippen LogP) is 0.676. The molecular weight excluding hydrogens is 384 g/mol. The Bertz CT molecular complexity index is 971. The first-order valence-corrected chi connectivity index (χ1v) is 10.2. The number of esters is 1. The van der Waals surface area contributed by atoms with Gasteiger partial charge in [-0.05, 0) is 31.0 Å². The molecule has 28 heavy (non-hydrogen) atoms. The summed E-state index contributed by atoms with van der Waals surface area (Å²) in [6.07, 6.45) is 3.99. The molecule has 1 fully saturated rings. The molecule has 1 saturated heterocycles. The second kappa shape index (κ2) is 8.11. The molecule has 1 N–H and O–H groups in total. The highest BCUT2D eigenvalue weighted by Gasteiger charge is 2.40. The van der Waals surface area contributed by atoms with Crippen molar-refractivity contribution in [1.82, 2.24) is 19.2 Å². The smallest absolute Gasteiger partial charge is 0.354 e. The highest BCUT2D eigenvalue weighted by Crippen LogP contribution is 2.27. The molecule has 1 aliphatic rings. The maximum Gasteiger partial charge on any atom is 0.354 e. The number of hydrogen-bond acceptors (Lipinski definition) is 6. The third-order valence-electron chi connectivity index (χ3n) is 4.66. The molecule has 1 atom stereocenters. The molecule has 150 valence electrons. The molecule has 0 bridgehead atoms. The van der Waals surface area contributed by atoms with Crippen LogP contribution in [-0.2, 0) is 33.1 Å². The minimum absolute atomic E-state index is 0.0418. The van der Waals surface area contributed by atoms with Crippen molar-refractivity contribution in [2.75, 3.05) is 13.7 Å². The van der Waals surface area contributed by atoms with E-state index in [0.717, 1.165) is 0 Å². The van der Waals surface area contributed by atoms with Crippen molar-refractivity contribution >= 4 is 21.9 Å². The van der Waals surface area contributed by atoms with E-state index < -0.39 is 22.0 Å². The van der Waals surface area contributed by atoms with Gasteiger partial charge in [-0.3, -0.25) is 9.78 Å². The fourth-order valence-corrected chi connectivity index (χ4v) is 4.93. The molecule has 1 aliphatic heterocycles. The largest absolute Gasteiger partial charge is 0.464 e. The third kappa shape index (κ3) is 3.92. The van der Waals surface area contributed by atoms with Crippen LogP contribution in [0.25, 0.3) is 0 Å². The number of ether oxygens (including phenoxy) is 1. The normalized spacial score (nSPS) is 17.4. The molecule has 2 aromatic rings. The van der Waals surface area contributed by atoms with E-state index in [9.17, 15) is 18.0 Å². The summed E-state index contributed by atoms with van der Waals surface area (Å²) in [5.41, 5.74) is 0.811. The van der Waals surface area contributed by atoms with Crippen molar-refractivity contribution in [3.63, 3.8) is 0 Å². The van der Waals surface area contributed by atoms with Gasteiger partial charge < -0.3 is 14.6 Å². The molecule has 0 radical (unpaired) electrons. The van der Waals surface area contributed by atoms with E-state index in [1.54, 1.807) is 25.4 Å². The van der Waals surface area contributed by atoms with Crippen molar-refractivity contribution in [3.8, 4) is 0 Å². The number of sulfonamides is 1. The van der Waals surface area contributed by atoms with Crippen LogP contribution < -0.4 is 5.32 Å². The Balaban J connectivity index is 1.77. The van der Waals surface area contributed by atoms with Crippen LogP contribution in [0, 0.1) is 0 Å². The standard InChI is InChI=1S/C18H22N4O5S/c1-21-12-14(10-16(21)18(24)27-2)28(25,26)22-9-5-7-15(22)17(23)20-11-13-6-3-4-8-19-13/h3-4,6,8,10,12,15H,5,7,9,11H2,1-2H3,(H,20,23). The van der Waals surface area contributed by atoms with Crippen LogP contribution in [0.15, 0.2) is 41.6 Å². The number of hydrogen-bond donors (Lipinski definition) is 1. The molecule has 1 amide bonds. The summed E-state index contributed by atoms with van der Waals surface area (Å²) in [7, 11) is -1.14. The van der Waals surface area contributed by atoms with Gasteiger partial charge in [-0.1, -0.05) is 6.07 Å². The molecular formula is C18H22N4O5S. The van der Waals surface area contributed by atoms with Gasteiger partial charge in [0.2, 0.25) is 15.9 Å². The van der Waals surface area contributed by atoms with Gasteiger partial charge in [0.05, 0.1) is 19.3 Å². The van der Waals surface area contributed by atoms with Gasteiger partial charge in [-0.2, -0.15) is 4.31 Å². The molecule has 1 unspecified atom stereocenters. The second-order valence-electron chi connectivity index (χ2n) is 6.48. The van der Waals surface area contributed by atoms with Gasteiger partial charge in [0.25, 0.3) is 0 Å². The fourth-order valence-electron chi connectivity index (χ4n) is 3.21. The van der Waals surface area contributed by atoms with E-state index in [1.807, 2.05) is 6.07 Å². The Kier molecular flexibility index (Phi) is 5.80. The Morgan fingerprint density at radius 2 is 2.14 bits per heavy atom. The van der Waals surface area contributed by atoms with Crippen LogP contribution in [-0.4, -0.2) is 53.8 Å². The molecule has 0 aromatic carbocycles. The number of nitrogens with one attached hydrogen (secondary N) is 1. The molecule has 10 heteroatoms. The lowest BCUT2D eigenvalue weighted by Gasteiger charge is -2.22. The number of carbonyl (C=O) groups is 2. The number of rotatable bonds is 6. The molecule has 0 saturated carbocycles. The van der Waals surface area contributed by atoms with Crippen LogP contribution >= 0.6 is 0 Å². The summed E-state index contributed by atoms with van der Waals surface area (Å²) >= 11 is 0. The van der Waals surface area contributed by atoms with Gasteiger partial charge >= 0.3 is 5.97 Å². The minimum Gasteiger partial charge on any atom is -0.464 e. The number of amides is 1. The van der Waals surface area contributed by atoms with Crippen LogP contribution in [0.3, 0.4) is 0 Å². The molecule has 3 heterocycles. The summed E-state index contributed by atoms with van der Waals surface area (Å²) < 4.78 is 33.4. The van der Waals surface area contributed by atoms with E-state index in [0.29, 0.717) is 18.5 Å². The van der Waals surface area contributed by atoms with Gasteiger partial charge in [-0.25, -0.2) is 13.2 Å². The number of methoxy groups -OCH3 is 1. The van der Waals surface area contributed by atoms with E-state index in [4.69, 9.17) is 0 Å². The summed E-state index contributed by atoms with van der Waals surface area (Å²) in [4.78, 5) is 28.5. The van der Waals surface area contributed by atoms with Gasteiger partial charge in [0, 0.05) is 26.0 Å². The Morgan fingerprint density at radius 1 is 1.36 bits per heavy atom. The molecule has 3 rings (SSSR count). The summed E-state index contributed by atoms with van der Waals surface area (Å²) in [5.74, 6) is -0.995. The SMILES string of the molecule is COC(=O)c1cc(S(=O)(=O)N2CCCC2C(=O)NCc2ccccn2)cn1C. The minimum atomic E-state index is -3.93. The van der Waals surface area contributed by atoms with Crippen LogP contribution in [0.5, 0.6) is 0 Å². The first-order valence-electron chi connectivity index (χ1n) is 8.78. The average Bonchev–Trinajstić information content (AvgIpc) is 3.34. The zero-order valence-electron chi connectivity index (χ0n) is 15.7. The number of aromatic nitrogens is 2. The highest BCUT2D eigenvalue weighted by molar-refractivity contribution is 7.89. The number of pyridine rings is 1.